The van der Waals surface area contributed by atoms with Crippen LogP contribution in [0.25, 0.3) is 0 Å². The first-order chi connectivity index (χ1) is 14.5. The summed E-state index contributed by atoms with van der Waals surface area (Å²) in [4.78, 5) is 24.9. The van der Waals surface area contributed by atoms with E-state index in [0.29, 0.717) is 6.67 Å². The second-order valence-corrected chi connectivity index (χ2v) is 8.49. The van der Waals surface area contributed by atoms with E-state index in [9.17, 15) is 4.79 Å². The van der Waals surface area contributed by atoms with Crippen LogP contribution in [-0.2, 0) is 11.4 Å². The van der Waals surface area contributed by atoms with Crippen molar-refractivity contribution in [1.29, 1.82) is 0 Å². The van der Waals surface area contributed by atoms with E-state index in [0.717, 1.165) is 75.4 Å². The van der Waals surface area contributed by atoms with Crippen LogP contribution in [-0.4, -0.2) is 65.4 Å². The maximum atomic E-state index is 13.1. The number of rotatable bonds is 5. The SMILES string of the molecule is Cc1cccc(N2CN(CCCN3CCOCC3)Cn3c2nc(C)c(C)c3=O)c1C. The summed E-state index contributed by atoms with van der Waals surface area (Å²) in [5, 5.41) is 0. The molecule has 0 N–H and O–H groups in total. The number of fused-ring (bicyclic) bond motifs is 1. The molecule has 0 aliphatic carbocycles. The van der Waals surface area contributed by atoms with Crippen LogP contribution in [0.4, 0.5) is 11.6 Å². The lowest BCUT2D eigenvalue weighted by Gasteiger charge is -2.39. The molecule has 0 saturated carbocycles. The zero-order chi connectivity index (χ0) is 21.3. The molecule has 162 valence electrons. The van der Waals surface area contributed by atoms with Gasteiger partial charge in [-0.15, -0.1) is 0 Å². The third-order valence-corrected chi connectivity index (χ3v) is 6.46. The van der Waals surface area contributed by atoms with Crippen molar-refractivity contribution in [2.45, 2.75) is 40.8 Å². The van der Waals surface area contributed by atoms with E-state index >= 15 is 0 Å². The van der Waals surface area contributed by atoms with Crippen LogP contribution in [0.3, 0.4) is 0 Å². The van der Waals surface area contributed by atoms with E-state index in [4.69, 9.17) is 9.72 Å². The number of benzene rings is 1. The van der Waals surface area contributed by atoms with Crippen molar-refractivity contribution in [3.63, 3.8) is 0 Å². The first-order valence-electron chi connectivity index (χ1n) is 10.9. The number of aryl methyl sites for hydroxylation is 2. The molecule has 0 spiro atoms. The van der Waals surface area contributed by atoms with Gasteiger partial charge in [0.25, 0.3) is 5.56 Å². The van der Waals surface area contributed by atoms with E-state index in [1.165, 1.54) is 11.1 Å². The Morgan fingerprint density at radius 1 is 0.967 bits per heavy atom. The fraction of sp³-hybridized carbons (Fsp3) is 0.565. The average Bonchev–Trinajstić information content (AvgIpc) is 2.75. The summed E-state index contributed by atoms with van der Waals surface area (Å²) in [5.74, 6) is 0.751. The molecule has 1 aromatic heterocycles. The second kappa shape index (κ2) is 8.88. The van der Waals surface area contributed by atoms with Crippen molar-refractivity contribution in [3.8, 4) is 0 Å². The van der Waals surface area contributed by atoms with E-state index in [2.05, 4.69) is 46.7 Å². The minimum Gasteiger partial charge on any atom is -0.379 e. The van der Waals surface area contributed by atoms with Crippen LogP contribution in [0.2, 0.25) is 0 Å². The van der Waals surface area contributed by atoms with Crippen molar-refractivity contribution in [2.24, 2.45) is 0 Å². The van der Waals surface area contributed by atoms with Gasteiger partial charge in [-0.05, 0) is 57.9 Å². The lowest BCUT2D eigenvalue weighted by Crippen LogP contribution is -2.48. The summed E-state index contributed by atoms with van der Waals surface area (Å²) in [6.07, 6.45) is 1.07. The standard InChI is InChI=1S/C23H33N5O2/c1-17-7-5-8-21(18(17)2)27-15-26(10-6-9-25-11-13-30-14-12-25)16-28-22(29)19(3)20(4)24-23(27)28/h5,7-8H,6,9-16H2,1-4H3. The molecule has 4 rings (SSSR count). The molecule has 2 aliphatic rings. The molecular formula is C23H33N5O2. The molecule has 0 radical (unpaired) electrons. The molecule has 7 heteroatoms. The monoisotopic (exact) mass is 411 g/mol. The summed E-state index contributed by atoms with van der Waals surface area (Å²) in [5.41, 5.74) is 5.20. The molecule has 3 heterocycles. The number of anilines is 2. The fourth-order valence-corrected chi connectivity index (χ4v) is 4.28. The lowest BCUT2D eigenvalue weighted by atomic mass is 10.1. The first-order valence-corrected chi connectivity index (χ1v) is 10.9. The molecule has 30 heavy (non-hydrogen) atoms. The van der Waals surface area contributed by atoms with Crippen LogP contribution in [0, 0.1) is 27.7 Å². The molecule has 0 atom stereocenters. The minimum absolute atomic E-state index is 0.0608. The largest absolute Gasteiger partial charge is 0.379 e. The Hall–Kier alpha value is -2.22. The van der Waals surface area contributed by atoms with Gasteiger partial charge in [-0.3, -0.25) is 24.1 Å². The molecule has 0 unspecified atom stereocenters. The van der Waals surface area contributed by atoms with Crippen LogP contribution in [0.5, 0.6) is 0 Å². The van der Waals surface area contributed by atoms with Crippen LogP contribution < -0.4 is 10.5 Å². The highest BCUT2D eigenvalue weighted by Crippen LogP contribution is 2.31. The van der Waals surface area contributed by atoms with Crippen LogP contribution in [0.1, 0.15) is 28.8 Å². The Kier molecular flexibility index (Phi) is 6.22. The summed E-state index contributed by atoms with van der Waals surface area (Å²) in [6.45, 7) is 15.1. The maximum absolute atomic E-state index is 13.1. The van der Waals surface area contributed by atoms with Crippen molar-refractivity contribution < 1.29 is 4.74 Å². The van der Waals surface area contributed by atoms with Gasteiger partial charge in [0.05, 0.1) is 26.6 Å². The van der Waals surface area contributed by atoms with Crippen molar-refractivity contribution in [1.82, 2.24) is 19.4 Å². The van der Waals surface area contributed by atoms with Crippen molar-refractivity contribution in [2.75, 3.05) is 51.0 Å². The minimum atomic E-state index is 0.0608. The van der Waals surface area contributed by atoms with E-state index in [1.54, 1.807) is 0 Å². The number of hydrogen-bond acceptors (Lipinski definition) is 6. The summed E-state index contributed by atoms with van der Waals surface area (Å²) in [6, 6.07) is 6.34. The van der Waals surface area contributed by atoms with Gasteiger partial charge < -0.3 is 4.74 Å². The lowest BCUT2D eigenvalue weighted by molar-refractivity contribution is 0.0354. The smallest absolute Gasteiger partial charge is 0.259 e. The molecule has 0 amide bonds. The van der Waals surface area contributed by atoms with Gasteiger partial charge in [0.1, 0.15) is 0 Å². The molecule has 0 bridgehead atoms. The maximum Gasteiger partial charge on any atom is 0.259 e. The predicted octanol–water partition coefficient (Wildman–Crippen LogP) is 2.57. The number of aromatic nitrogens is 2. The normalized spacial score (nSPS) is 17.9. The number of nitrogens with zero attached hydrogens (tertiary/aromatic N) is 5. The molecule has 1 fully saturated rings. The molecule has 2 aromatic rings. The summed E-state index contributed by atoms with van der Waals surface area (Å²) < 4.78 is 7.28. The zero-order valence-corrected chi connectivity index (χ0v) is 18.6. The molecule has 2 aliphatic heterocycles. The van der Waals surface area contributed by atoms with Crippen LogP contribution in [0.15, 0.2) is 23.0 Å². The highest BCUT2D eigenvalue weighted by molar-refractivity contribution is 5.64. The average molecular weight is 412 g/mol. The van der Waals surface area contributed by atoms with Crippen molar-refractivity contribution in [3.05, 3.63) is 50.9 Å². The van der Waals surface area contributed by atoms with E-state index in [-0.39, 0.29) is 5.56 Å². The van der Waals surface area contributed by atoms with Gasteiger partial charge in [-0.2, -0.15) is 0 Å². The Morgan fingerprint density at radius 3 is 2.47 bits per heavy atom. The van der Waals surface area contributed by atoms with Gasteiger partial charge in [0.2, 0.25) is 5.95 Å². The van der Waals surface area contributed by atoms with Crippen molar-refractivity contribution >= 4 is 11.6 Å². The van der Waals surface area contributed by atoms with Gasteiger partial charge in [-0.25, -0.2) is 4.98 Å². The quantitative estimate of drug-likeness (QED) is 0.754. The Labute approximate surface area is 178 Å². The molecular weight excluding hydrogens is 378 g/mol. The molecule has 1 saturated heterocycles. The number of morpholine rings is 1. The van der Waals surface area contributed by atoms with Gasteiger partial charge >= 0.3 is 0 Å². The third-order valence-electron chi connectivity index (χ3n) is 6.46. The zero-order valence-electron chi connectivity index (χ0n) is 18.6. The highest BCUT2D eigenvalue weighted by Gasteiger charge is 2.28. The topological polar surface area (TPSA) is 53.8 Å². The summed E-state index contributed by atoms with van der Waals surface area (Å²) >= 11 is 0. The number of ether oxygens (including phenoxy) is 1. The third kappa shape index (κ3) is 4.15. The first kappa shape index (κ1) is 21.0. The fourth-order valence-electron chi connectivity index (χ4n) is 4.28. The highest BCUT2D eigenvalue weighted by atomic mass is 16.5. The molecule has 7 nitrogen and oxygen atoms in total. The van der Waals surface area contributed by atoms with Gasteiger partial charge in [0, 0.05) is 36.6 Å². The molecule has 1 aromatic carbocycles. The van der Waals surface area contributed by atoms with Gasteiger partial charge in [-0.1, -0.05) is 12.1 Å². The number of hydrogen-bond donors (Lipinski definition) is 0. The second-order valence-electron chi connectivity index (χ2n) is 8.49. The predicted molar refractivity (Wildman–Crippen MR) is 119 cm³/mol. The summed E-state index contributed by atoms with van der Waals surface area (Å²) in [7, 11) is 0. The van der Waals surface area contributed by atoms with E-state index in [1.807, 2.05) is 18.4 Å². The van der Waals surface area contributed by atoms with E-state index < -0.39 is 0 Å². The Balaban J connectivity index is 1.61. The Bertz CT molecular complexity index is 965. The van der Waals surface area contributed by atoms with Crippen LogP contribution >= 0.6 is 0 Å². The van der Waals surface area contributed by atoms with Gasteiger partial charge in [0.15, 0.2) is 0 Å². The Morgan fingerprint density at radius 2 is 1.70 bits per heavy atom.